The number of aromatic nitrogens is 3. The van der Waals surface area contributed by atoms with E-state index in [2.05, 4.69) is 41.2 Å². The highest BCUT2D eigenvalue weighted by atomic mass is 16.2. The summed E-state index contributed by atoms with van der Waals surface area (Å²) in [5.74, 6) is -0.269. The number of amides is 2. The van der Waals surface area contributed by atoms with Crippen molar-refractivity contribution >= 4 is 11.8 Å². The molecule has 0 unspecified atom stereocenters. The fourth-order valence-electron chi connectivity index (χ4n) is 4.21. The van der Waals surface area contributed by atoms with E-state index in [1.807, 2.05) is 30.3 Å². The number of benzene rings is 1. The molecule has 1 fully saturated rings. The van der Waals surface area contributed by atoms with Crippen LogP contribution in [0.25, 0.3) is 11.1 Å². The smallest absolute Gasteiger partial charge is 0.274 e. The summed E-state index contributed by atoms with van der Waals surface area (Å²) in [6, 6.07) is 12.2. The normalized spacial score (nSPS) is 16.8. The molecule has 0 spiro atoms. The molecule has 0 saturated carbocycles. The Morgan fingerprint density at radius 3 is 2.59 bits per heavy atom. The second-order valence-corrected chi connectivity index (χ2v) is 8.34. The van der Waals surface area contributed by atoms with Crippen LogP contribution in [0, 0.1) is 5.92 Å². The van der Waals surface area contributed by atoms with Gasteiger partial charge in [0, 0.05) is 51.8 Å². The predicted molar refractivity (Wildman–Crippen MR) is 123 cm³/mol. The van der Waals surface area contributed by atoms with Crippen molar-refractivity contribution in [1.82, 2.24) is 24.3 Å². The Morgan fingerprint density at radius 2 is 1.94 bits per heavy atom. The van der Waals surface area contributed by atoms with Gasteiger partial charge in [-0.15, -0.1) is 0 Å². The van der Waals surface area contributed by atoms with Crippen LogP contribution in [0.15, 0.2) is 61.3 Å². The lowest BCUT2D eigenvalue weighted by molar-refractivity contribution is -0.134. The van der Waals surface area contributed by atoms with Gasteiger partial charge < -0.3 is 14.4 Å². The summed E-state index contributed by atoms with van der Waals surface area (Å²) in [6.45, 7) is 4.26. The molecule has 1 atom stereocenters. The first-order valence-corrected chi connectivity index (χ1v) is 11.1. The van der Waals surface area contributed by atoms with Crippen LogP contribution in [-0.4, -0.2) is 62.3 Å². The lowest BCUT2D eigenvalue weighted by atomic mass is 9.96. The van der Waals surface area contributed by atoms with Crippen LogP contribution in [0.5, 0.6) is 0 Å². The van der Waals surface area contributed by atoms with Gasteiger partial charge in [0.1, 0.15) is 5.69 Å². The maximum Gasteiger partial charge on any atom is 0.274 e. The van der Waals surface area contributed by atoms with E-state index in [4.69, 9.17) is 0 Å². The molecular weight excluding hydrogens is 402 g/mol. The van der Waals surface area contributed by atoms with E-state index in [0.29, 0.717) is 38.3 Å². The number of aryl methyl sites for hydroxylation is 1. The first-order valence-electron chi connectivity index (χ1n) is 11.1. The zero-order chi connectivity index (χ0) is 22.5. The second-order valence-electron chi connectivity index (χ2n) is 8.34. The molecule has 4 rings (SSSR count). The summed E-state index contributed by atoms with van der Waals surface area (Å²) in [5.41, 5.74) is 3.66. The molecule has 3 heterocycles. The number of pyridine rings is 1. The van der Waals surface area contributed by atoms with E-state index in [0.717, 1.165) is 23.1 Å². The van der Waals surface area contributed by atoms with Crippen molar-refractivity contribution in [3.05, 3.63) is 72.6 Å². The lowest BCUT2D eigenvalue weighted by Crippen LogP contribution is -2.38. The van der Waals surface area contributed by atoms with E-state index in [-0.39, 0.29) is 17.7 Å². The molecule has 3 aromatic rings. The fraction of sp³-hybridized carbons (Fsp3) is 0.360. The van der Waals surface area contributed by atoms with Gasteiger partial charge in [-0.3, -0.25) is 14.6 Å². The highest BCUT2D eigenvalue weighted by molar-refractivity contribution is 5.93. The van der Waals surface area contributed by atoms with Gasteiger partial charge in [-0.25, -0.2) is 4.98 Å². The van der Waals surface area contributed by atoms with Crippen molar-refractivity contribution in [2.24, 2.45) is 13.0 Å². The second kappa shape index (κ2) is 9.77. The molecular formula is C25H29N5O2. The molecule has 7 nitrogen and oxygen atoms in total. The van der Waals surface area contributed by atoms with E-state index in [1.54, 1.807) is 28.2 Å². The van der Waals surface area contributed by atoms with Gasteiger partial charge in [-0.1, -0.05) is 37.3 Å². The first kappa shape index (κ1) is 21.7. The summed E-state index contributed by atoms with van der Waals surface area (Å²) in [5, 5.41) is 0. The Kier molecular flexibility index (Phi) is 6.63. The number of hydrogen-bond acceptors (Lipinski definition) is 4. The van der Waals surface area contributed by atoms with Gasteiger partial charge >= 0.3 is 0 Å². The highest BCUT2D eigenvalue weighted by Gasteiger charge is 2.32. The standard InChI is InChI=1S/C25H29N5O2/c1-3-11-29-12-13-30(25(32)23-17-28(2)18-27-23)16-22(24(29)31)14-19-6-8-20(9-7-19)21-5-4-10-26-15-21/h4-10,15,17-18,22H,3,11-14,16H2,1-2H3/t22-/m0/s1. The van der Waals surface area contributed by atoms with Crippen LogP contribution in [-0.2, 0) is 18.3 Å². The number of carbonyl (C=O) groups is 2. The average molecular weight is 432 g/mol. The molecule has 0 N–H and O–H groups in total. The van der Waals surface area contributed by atoms with E-state index >= 15 is 0 Å². The Labute approximate surface area is 188 Å². The number of imidazole rings is 1. The summed E-state index contributed by atoms with van der Waals surface area (Å²) in [6.07, 6.45) is 8.44. The molecule has 1 aliphatic heterocycles. The third kappa shape index (κ3) is 4.88. The van der Waals surface area contributed by atoms with E-state index < -0.39 is 0 Å². The molecule has 32 heavy (non-hydrogen) atoms. The van der Waals surface area contributed by atoms with Gasteiger partial charge in [0.2, 0.25) is 5.91 Å². The Hall–Kier alpha value is -3.48. The van der Waals surface area contributed by atoms with Crippen LogP contribution in [0.3, 0.4) is 0 Å². The number of hydrogen-bond donors (Lipinski definition) is 0. The van der Waals surface area contributed by atoms with Crippen molar-refractivity contribution in [3.8, 4) is 11.1 Å². The third-order valence-corrected chi connectivity index (χ3v) is 5.88. The Balaban J connectivity index is 1.53. The molecule has 1 aliphatic rings. The number of nitrogens with zero attached hydrogens (tertiary/aromatic N) is 5. The van der Waals surface area contributed by atoms with Crippen molar-refractivity contribution in [3.63, 3.8) is 0 Å². The SMILES string of the molecule is CCCN1CCN(C(=O)c2cn(C)cn2)C[C@H](Cc2ccc(-c3cccnc3)cc2)C1=O. The molecule has 1 saturated heterocycles. The van der Waals surface area contributed by atoms with Crippen LogP contribution in [0.1, 0.15) is 29.4 Å². The number of rotatable bonds is 6. The molecule has 7 heteroatoms. The van der Waals surface area contributed by atoms with E-state index in [9.17, 15) is 9.59 Å². The maximum absolute atomic E-state index is 13.3. The zero-order valence-corrected chi connectivity index (χ0v) is 18.6. The molecule has 2 aromatic heterocycles. The van der Waals surface area contributed by atoms with Crippen LogP contribution >= 0.6 is 0 Å². The van der Waals surface area contributed by atoms with Gasteiger partial charge in [0.25, 0.3) is 5.91 Å². The summed E-state index contributed by atoms with van der Waals surface area (Å²) in [7, 11) is 1.84. The highest BCUT2D eigenvalue weighted by Crippen LogP contribution is 2.22. The van der Waals surface area contributed by atoms with Gasteiger partial charge in [-0.2, -0.15) is 0 Å². The lowest BCUT2D eigenvalue weighted by Gasteiger charge is -2.23. The van der Waals surface area contributed by atoms with E-state index in [1.165, 1.54) is 0 Å². The summed E-state index contributed by atoms with van der Waals surface area (Å²) < 4.78 is 1.76. The fourth-order valence-corrected chi connectivity index (χ4v) is 4.21. The zero-order valence-electron chi connectivity index (χ0n) is 18.6. The Morgan fingerprint density at radius 1 is 1.12 bits per heavy atom. The molecule has 166 valence electrons. The van der Waals surface area contributed by atoms with Gasteiger partial charge in [0.05, 0.1) is 12.2 Å². The largest absolute Gasteiger partial charge is 0.341 e. The van der Waals surface area contributed by atoms with Gasteiger partial charge in [-0.05, 0) is 35.6 Å². The topological polar surface area (TPSA) is 71.3 Å². The van der Waals surface area contributed by atoms with Crippen LogP contribution < -0.4 is 0 Å². The predicted octanol–water partition coefficient (Wildman–Crippen LogP) is 3.04. The van der Waals surface area contributed by atoms with Crippen molar-refractivity contribution in [2.75, 3.05) is 26.2 Å². The summed E-state index contributed by atoms with van der Waals surface area (Å²) >= 11 is 0. The molecule has 2 amide bonds. The molecule has 0 radical (unpaired) electrons. The number of carbonyl (C=O) groups excluding carboxylic acids is 2. The van der Waals surface area contributed by atoms with Crippen molar-refractivity contribution in [2.45, 2.75) is 19.8 Å². The Bertz CT molecular complexity index is 1060. The van der Waals surface area contributed by atoms with Crippen molar-refractivity contribution < 1.29 is 9.59 Å². The molecule has 0 bridgehead atoms. The minimum atomic E-state index is -0.277. The molecule has 0 aliphatic carbocycles. The van der Waals surface area contributed by atoms with Crippen molar-refractivity contribution in [1.29, 1.82) is 0 Å². The molecule has 1 aromatic carbocycles. The quantitative estimate of drug-likeness (QED) is 0.602. The summed E-state index contributed by atoms with van der Waals surface area (Å²) in [4.78, 5) is 38.4. The third-order valence-electron chi connectivity index (χ3n) is 5.88. The minimum Gasteiger partial charge on any atom is -0.341 e. The minimum absolute atomic E-state index is 0.117. The van der Waals surface area contributed by atoms with Crippen LogP contribution in [0.4, 0.5) is 0 Å². The van der Waals surface area contributed by atoms with Crippen LogP contribution in [0.2, 0.25) is 0 Å². The first-order chi connectivity index (χ1) is 15.5. The monoisotopic (exact) mass is 431 g/mol. The average Bonchev–Trinajstić information content (AvgIpc) is 3.20. The maximum atomic E-state index is 13.3. The van der Waals surface area contributed by atoms with Gasteiger partial charge in [0.15, 0.2) is 0 Å².